The van der Waals surface area contributed by atoms with Crippen LogP contribution >= 0.6 is 11.3 Å². The summed E-state index contributed by atoms with van der Waals surface area (Å²) in [5.74, 6) is -1.56. The number of nitrogens with zero attached hydrogens (tertiary/aromatic N) is 1. The number of nitrogens with one attached hydrogen (secondary N) is 3. The summed E-state index contributed by atoms with van der Waals surface area (Å²) in [5.41, 5.74) is 1.13. The Hall–Kier alpha value is -3.46. The Balaban J connectivity index is 1.50. The molecule has 0 atom stereocenters. The van der Waals surface area contributed by atoms with Crippen molar-refractivity contribution in [3.8, 4) is 0 Å². The summed E-state index contributed by atoms with van der Waals surface area (Å²) >= 11 is 1.08. The Bertz CT molecular complexity index is 1070. The standard InChI is InChI=1S/C19H16N4O4S/c24-17(10-1-3-11(4-2-10)21-19(27)22-12-5-6-12)23-15-13-9-20-8-7-14(13)28-16(15)18(25)26/h1-4,7-9,12H,5-6H2,(H,23,24)(H,25,26)(H2,21,22,27). The molecule has 9 heteroatoms. The number of aromatic carboxylic acids is 1. The Kier molecular flexibility index (Phi) is 4.66. The fourth-order valence-corrected chi connectivity index (χ4v) is 3.65. The molecular weight excluding hydrogens is 380 g/mol. The molecule has 4 rings (SSSR count). The van der Waals surface area contributed by atoms with E-state index in [1.54, 1.807) is 36.5 Å². The van der Waals surface area contributed by atoms with Crippen molar-refractivity contribution in [2.75, 3.05) is 10.6 Å². The van der Waals surface area contributed by atoms with Gasteiger partial charge in [0, 0.05) is 39.8 Å². The third-order valence-electron chi connectivity index (χ3n) is 4.24. The van der Waals surface area contributed by atoms with Gasteiger partial charge >= 0.3 is 12.0 Å². The van der Waals surface area contributed by atoms with Gasteiger partial charge in [-0.1, -0.05) is 0 Å². The van der Waals surface area contributed by atoms with Crippen LogP contribution < -0.4 is 16.0 Å². The average molecular weight is 396 g/mol. The van der Waals surface area contributed by atoms with Crippen LogP contribution in [0.25, 0.3) is 10.1 Å². The minimum absolute atomic E-state index is 0.0476. The first kappa shape index (κ1) is 17.9. The van der Waals surface area contributed by atoms with E-state index in [2.05, 4.69) is 20.9 Å². The lowest BCUT2D eigenvalue weighted by molar-refractivity contribution is 0.0703. The molecule has 1 aliphatic rings. The van der Waals surface area contributed by atoms with Crippen molar-refractivity contribution in [1.29, 1.82) is 0 Å². The molecule has 0 aliphatic heterocycles. The summed E-state index contributed by atoms with van der Waals surface area (Å²) in [5, 5.41) is 18.2. The highest BCUT2D eigenvalue weighted by Gasteiger charge is 2.23. The van der Waals surface area contributed by atoms with Crippen LogP contribution in [-0.4, -0.2) is 34.0 Å². The van der Waals surface area contributed by atoms with Crippen LogP contribution in [0, 0.1) is 0 Å². The molecule has 1 aliphatic carbocycles. The quantitative estimate of drug-likeness (QED) is 0.526. The third kappa shape index (κ3) is 3.79. The number of carbonyl (C=O) groups excluding carboxylic acids is 2. The van der Waals surface area contributed by atoms with Crippen molar-refractivity contribution in [1.82, 2.24) is 10.3 Å². The van der Waals surface area contributed by atoms with Gasteiger partial charge in [0.1, 0.15) is 4.88 Å². The largest absolute Gasteiger partial charge is 0.477 e. The SMILES string of the molecule is O=C(Nc1ccc(C(=O)Nc2c(C(=O)O)sc3ccncc23)cc1)NC1CC1. The van der Waals surface area contributed by atoms with Gasteiger partial charge in [-0.25, -0.2) is 9.59 Å². The average Bonchev–Trinajstić information content (AvgIpc) is 3.41. The molecule has 1 aromatic carbocycles. The summed E-state index contributed by atoms with van der Waals surface area (Å²) in [4.78, 5) is 39.9. The monoisotopic (exact) mass is 396 g/mol. The van der Waals surface area contributed by atoms with Crippen molar-refractivity contribution in [2.45, 2.75) is 18.9 Å². The zero-order valence-electron chi connectivity index (χ0n) is 14.6. The molecular formula is C19H16N4O4S. The maximum atomic E-state index is 12.6. The van der Waals surface area contributed by atoms with Crippen LogP contribution in [0.4, 0.5) is 16.2 Å². The maximum Gasteiger partial charge on any atom is 0.348 e. The molecule has 0 radical (unpaired) electrons. The number of benzene rings is 1. The van der Waals surface area contributed by atoms with E-state index in [-0.39, 0.29) is 22.6 Å². The number of anilines is 2. The number of thiophene rings is 1. The van der Waals surface area contributed by atoms with E-state index in [9.17, 15) is 19.5 Å². The van der Waals surface area contributed by atoms with Crippen molar-refractivity contribution >= 4 is 50.7 Å². The van der Waals surface area contributed by atoms with E-state index in [4.69, 9.17) is 0 Å². The van der Waals surface area contributed by atoms with Crippen LogP contribution in [0.2, 0.25) is 0 Å². The van der Waals surface area contributed by atoms with E-state index >= 15 is 0 Å². The molecule has 28 heavy (non-hydrogen) atoms. The summed E-state index contributed by atoms with van der Waals surface area (Å²) in [6.45, 7) is 0. The molecule has 0 saturated heterocycles. The topological polar surface area (TPSA) is 120 Å². The van der Waals surface area contributed by atoms with Gasteiger partial charge in [0.25, 0.3) is 5.91 Å². The zero-order valence-corrected chi connectivity index (χ0v) is 15.4. The zero-order chi connectivity index (χ0) is 19.7. The number of pyridine rings is 1. The first-order valence-electron chi connectivity index (χ1n) is 8.60. The Labute approximate surface area is 163 Å². The second-order valence-electron chi connectivity index (χ2n) is 6.39. The highest BCUT2D eigenvalue weighted by atomic mass is 32.1. The van der Waals surface area contributed by atoms with Gasteiger partial charge in [-0.05, 0) is 43.2 Å². The first-order chi connectivity index (χ1) is 13.5. The molecule has 0 unspecified atom stereocenters. The lowest BCUT2D eigenvalue weighted by Gasteiger charge is -2.08. The number of fused-ring (bicyclic) bond motifs is 1. The molecule has 2 aromatic heterocycles. The van der Waals surface area contributed by atoms with Crippen molar-refractivity contribution < 1.29 is 19.5 Å². The predicted octanol–water partition coefficient (Wildman–Crippen LogP) is 3.53. The lowest BCUT2D eigenvalue weighted by Crippen LogP contribution is -2.30. The predicted molar refractivity (Wildman–Crippen MR) is 106 cm³/mol. The Morgan fingerprint density at radius 1 is 1.07 bits per heavy atom. The molecule has 142 valence electrons. The summed E-state index contributed by atoms with van der Waals surface area (Å²) in [6.07, 6.45) is 5.09. The highest BCUT2D eigenvalue weighted by Crippen LogP contribution is 2.35. The van der Waals surface area contributed by atoms with Gasteiger partial charge in [0.05, 0.1) is 5.69 Å². The number of amides is 3. The number of carbonyl (C=O) groups is 3. The summed E-state index contributed by atoms with van der Waals surface area (Å²) in [7, 11) is 0. The van der Waals surface area contributed by atoms with Gasteiger partial charge in [-0.3, -0.25) is 9.78 Å². The molecule has 1 saturated carbocycles. The van der Waals surface area contributed by atoms with Crippen LogP contribution in [-0.2, 0) is 0 Å². The minimum Gasteiger partial charge on any atom is -0.477 e. The number of carboxylic acids is 1. The summed E-state index contributed by atoms with van der Waals surface area (Å²) < 4.78 is 0.726. The highest BCUT2D eigenvalue weighted by molar-refractivity contribution is 7.21. The first-order valence-corrected chi connectivity index (χ1v) is 9.41. The second-order valence-corrected chi connectivity index (χ2v) is 7.44. The maximum absolute atomic E-state index is 12.6. The van der Waals surface area contributed by atoms with Crippen molar-refractivity contribution in [3.05, 3.63) is 53.2 Å². The van der Waals surface area contributed by atoms with E-state index in [0.29, 0.717) is 16.6 Å². The van der Waals surface area contributed by atoms with Crippen molar-refractivity contribution in [2.24, 2.45) is 0 Å². The molecule has 1 fully saturated rings. The normalized spacial score (nSPS) is 13.1. The van der Waals surface area contributed by atoms with Gasteiger partial charge in [-0.15, -0.1) is 11.3 Å². The minimum atomic E-state index is -1.11. The number of urea groups is 1. The van der Waals surface area contributed by atoms with E-state index in [1.807, 2.05) is 0 Å². The fraction of sp³-hybridized carbons (Fsp3) is 0.158. The molecule has 2 heterocycles. The van der Waals surface area contributed by atoms with E-state index < -0.39 is 11.9 Å². The Morgan fingerprint density at radius 3 is 2.50 bits per heavy atom. The van der Waals surface area contributed by atoms with Crippen LogP contribution in [0.15, 0.2) is 42.7 Å². The van der Waals surface area contributed by atoms with E-state index in [1.165, 1.54) is 6.20 Å². The number of aromatic nitrogens is 1. The molecule has 8 nitrogen and oxygen atoms in total. The van der Waals surface area contributed by atoms with E-state index in [0.717, 1.165) is 28.9 Å². The fourth-order valence-electron chi connectivity index (χ4n) is 2.69. The summed E-state index contributed by atoms with van der Waals surface area (Å²) in [6, 6.07) is 8.05. The van der Waals surface area contributed by atoms with Gasteiger partial charge < -0.3 is 21.1 Å². The lowest BCUT2D eigenvalue weighted by atomic mass is 10.1. The second kappa shape index (κ2) is 7.28. The van der Waals surface area contributed by atoms with Crippen molar-refractivity contribution in [3.63, 3.8) is 0 Å². The third-order valence-corrected chi connectivity index (χ3v) is 5.40. The smallest absolute Gasteiger partial charge is 0.348 e. The molecule has 3 aromatic rings. The van der Waals surface area contributed by atoms with Gasteiger partial charge in [-0.2, -0.15) is 0 Å². The number of rotatable bonds is 5. The number of hydrogen-bond acceptors (Lipinski definition) is 5. The van der Waals surface area contributed by atoms with Crippen LogP contribution in [0.3, 0.4) is 0 Å². The van der Waals surface area contributed by atoms with Crippen LogP contribution in [0.5, 0.6) is 0 Å². The molecule has 0 spiro atoms. The van der Waals surface area contributed by atoms with Crippen LogP contribution in [0.1, 0.15) is 32.9 Å². The molecule has 4 N–H and O–H groups in total. The number of hydrogen-bond donors (Lipinski definition) is 4. The number of carboxylic acid groups (broad SMARTS) is 1. The molecule has 0 bridgehead atoms. The Morgan fingerprint density at radius 2 is 1.82 bits per heavy atom. The van der Waals surface area contributed by atoms with Gasteiger partial charge in [0.15, 0.2) is 0 Å². The van der Waals surface area contributed by atoms with Gasteiger partial charge in [0.2, 0.25) is 0 Å². The molecule has 3 amide bonds.